The van der Waals surface area contributed by atoms with Crippen LogP contribution in [0.1, 0.15) is 18.5 Å². The number of halogens is 2. The number of carbonyl (C=O) groups is 1. The molecule has 2 aromatic rings. The highest BCUT2D eigenvalue weighted by Gasteiger charge is 2.39. The molecule has 25 heavy (non-hydrogen) atoms. The number of nitrogens with one attached hydrogen (secondary N) is 1. The lowest BCUT2D eigenvalue weighted by molar-refractivity contribution is -0.116. The minimum absolute atomic E-state index is 0.164. The van der Waals surface area contributed by atoms with E-state index in [0.717, 1.165) is 15.9 Å². The molecule has 0 aromatic carbocycles. The van der Waals surface area contributed by atoms with Crippen LogP contribution in [-0.4, -0.2) is 29.1 Å². The van der Waals surface area contributed by atoms with Gasteiger partial charge in [-0.05, 0) is 25.8 Å². The molecule has 134 valence electrons. The minimum atomic E-state index is -3.60. The summed E-state index contributed by atoms with van der Waals surface area (Å²) in [6.45, 7) is 1.24. The van der Waals surface area contributed by atoms with Crippen molar-refractivity contribution in [1.82, 2.24) is 9.55 Å². The molecular weight excluding hydrogens is 409 g/mol. The largest absolute Gasteiger partial charge is 0.302 e. The van der Waals surface area contributed by atoms with Gasteiger partial charge in [0, 0.05) is 5.69 Å². The third-order valence-corrected chi connectivity index (χ3v) is 7.50. The number of hydrogen-bond donors (Lipinski definition) is 1. The maximum Gasteiger partial charge on any atom is 0.271 e. The standard InChI is InChI=1S/C14H13Cl2N3O4S2/c1-7-4-9(25(22,23)8-2-3-8)12(16)13(21)19(7)6-11(20)18-14-17-5-10(15)24-14/h4-5,8H,2-3,6H2,1H3,(H,17,18,20). The Balaban J connectivity index is 1.88. The lowest BCUT2D eigenvalue weighted by Crippen LogP contribution is -2.31. The Hall–Kier alpha value is -1.42. The van der Waals surface area contributed by atoms with Crippen LogP contribution in [0.3, 0.4) is 0 Å². The molecule has 2 heterocycles. The Morgan fingerprint density at radius 1 is 1.44 bits per heavy atom. The highest BCUT2D eigenvalue weighted by molar-refractivity contribution is 7.92. The molecular formula is C14H13Cl2N3O4S2. The Morgan fingerprint density at radius 3 is 2.68 bits per heavy atom. The van der Waals surface area contributed by atoms with Gasteiger partial charge in [0.15, 0.2) is 15.0 Å². The maximum absolute atomic E-state index is 12.4. The average Bonchev–Trinajstić information content (AvgIpc) is 3.32. The molecule has 0 aliphatic heterocycles. The zero-order chi connectivity index (χ0) is 18.4. The fourth-order valence-corrected chi connectivity index (χ4v) is 5.39. The Morgan fingerprint density at radius 2 is 2.12 bits per heavy atom. The van der Waals surface area contributed by atoms with Gasteiger partial charge < -0.3 is 9.88 Å². The van der Waals surface area contributed by atoms with E-state index in [9.17, 15) is 18.0 Å². The second-order valence-electron chi connectivity index (χ2n) is 5.62. The van der Waals surface area contributed by atoms with Crippen LogP contribution in [-0.2, 0) is 21.2 Å². The summed E-state index contributed by atoms with van der Waals surface area (Å²) in [4.78, 5) is 28.3. The average molecular weight is 422 g/mol. The highest BCUT2D eigenvalue weighted by atomic mass is 35.5. The SMILES string of the molecule is Cc1cc(S(=O)(=O)C2CC2)c(Cl)c(=O)n1CC(=O)Nc1ncc(Cl)s1. The van der Waals surface area contributed by atoms with Gasteiger partial charge in [-0.25, -0.2) is 13.4 Å². The summed E-state index contributed by atoms with van der Waals surface area (Å²) in [5.41, 5.74) is -0.380. The van der Waals surface area contributed by atoms with E-state index in [1.807, 2.05) is 0 Å². The van der Waals surface area contributed by atoms with Crippen molar-refractivity contribution >= 4 is 55.4 Å². The number of aromatic nitrogens is 2. The van der Waals surface area contributed by atoms with E-state index >= 15 is 0 Å². The van der Waals surface area contributed by atoms with Crippen molar-refractivity contribution in [1.29, 1.82) is 0 Å². The van der Waals surface area contributed by atoms with Crippen molar-refractivity contribution in [2.45, 2.75) is 36.5 Å². The number of aryl methyl sites for hydroxylation is 1. The van der Waals surface area contributed by atoms with E-state index in [2.05, 4.69) is 10.3 Å². The predicted octanol–water partition coefficient (Wildman–Crippen LogP) is 2.49. The molecule has 1 aliphatic carbocycles. The third-order valence-electron chi connectivity index (χ3n) is 3.71. The number of nitrogens with zero attached hydrogens (tertiary/aromatic N) is 2. The lowest BCUT2D eigenvalue weighted by atomic mass is 10.3. The Kier molecular flexibility index (Phi) is 4.93. The van der Waals surface area contributed by atoms with Gasteiger partial charge in [0.05, 0.1) is 16.3 Å². The molecule has 3 rings (SSSR count). The third kappa shape index (κ3) is 3.74. The monoisotopic (exact) mass is 421 g/mol. The van der Waals surface area contributed by atoms with Crippen molar-refractivity contribution in [3.63, 3.8) is 0 Å². The zero-order valence-electron chi connectivity index (χ0n) is 13.0. The molecule has 0 radical (unpaired) electrons. The number of rotatable bonds is 5. The number of anilines is 1. The smallest absolute Gasteiger partial charge is 0.271 e. The first-order chi connectivity index (χ1) is 11.7. The quantitative estimate of drug-likeness (QED) is 0.799. The van der Waals surface area contributed by atoms with Crippen LogP contribution in [0.4, 0.5) is 5.13 Å². The lowest BCUT2D eigenvalue weighted by Gasteiger charge is -2.13. The summed E-state index contributed by atoms with van der Waals surface area (Å²) < 4.78 is 26.3. The van der Waals surface area contributed by atoms with E-state index in [0.29, 0.717) is 28.0 Å². The molecule has 1 fully saturated rings. The van der Waals surface area contributed by atoms with Gasteiger partial charge in [0.2, 0.25) is 5.91 Å². The number of hydrogen-bond acceptors (Lipinski definition) is 6. The summed E-state index contributed by atoms with van der Waals surface area (Å²) in [5, 5.41) is 1.97. The van der Waals surface area contributed by atoms with Crippen LogP contribution >= 0.6 is 34.5 Å². The van der Waals surface area contributed by atoms with Crippen LogP contribution in [0.2, 0.25) is 9.36 Å². The van der Waals surface area contributed by atoms with Gasteiger partial charge in [0.1, 0.15) is 15.9 Å². The molecule has 1 amide bonds. The zero-order valence-corrected chi connectivity index (χ0v) is 16.1. The van der Waals surface area contributed by atoms with Gasteiger partial charge >= 0.3 is 0 Å². The molecule has 1 aliphatic rings. The summed E-state index contributed by atoms with van der Waals surface area (Å²) in [6.07, 6.45) is 2.53. The van der Waals surface area contributed by atoms with Crippen LogP contribution < -0.4 is 10.9 Å². The van der Waals surface area contributed by atoms with Crippen LogP contribution in [0.25, 0.3) is 0 Å². The normalized spacial score (nSPS) is 14.5. The molecule has 7 nitrogen and oxygen atoms in total. The Labute approximate surface area is 157 Å². The summed E-state index contributed by atoms with van der Waals surface area (Å²) >= 11 is 12.8. The first kappa shape index (κ1) is 18.4. The number of thiazole rings is 1. The molecule has 2 aromatic heterocycles. The number of pyridine rings is 1. The molecule has 11 heteroatoms. The molecule has 1 N–H and O–H groups in total. The molecule has 0 spiro atoms. The molecule has 0 bridgehead atoms. The van der Waals surface area contributed by atoms with E-state index in [-0.39, 0.29) is 16.5 Å². The van der Waals surface area contributed by atoms with E-state index in [1.165, 1.54) is 12.3 Å². The van der Waals surface area contributed by atoms with Gasteiger partial charge in [-0.1, -0.05) is 34.5 Å². The van der Waals surface area contributed by atoms with E-state index < -0.39 is 26.6 Å². The van der Waals surface area contributed by atoms with Gasteiger partial charge in [-0.3, -0.25) is 9.59 Å². The van der Waals surface area contributed by atoms with Crippen molar-refractivity contribution in [3.8, 4) is 0 Å². The summed E-state index contributed by atoms with van der Waals surface area (Å²) in [6, 6.07) is 1.34. The van der Waals surface area contributed by atoms with Crippen molar-refractivity contribution in [2.75, 3.05) is 5.32 Å². The molecule has 0 atom stereocenters. The van der Waals surface area contributed by atoms with E-state index in [1.54, 1.807) is 6.92 Å². The maximum atomic E-state index is 12.4. The second-order valence-corrected chi connectivity index (χ2v) is 9.85. The Bertz CT molecular complexity index is 1010. The summed E-state index contributed by atoms with van der Waals surface area (Å²) in [7, 11) is -3.60. The number of amides is 1. The fourth-order valence-electron chi connectivity index (χ4n) is 2.29. The predicted molar refractivity (Wildman–Crippen MR) is 96.4 cm³/mol. The summed E-state index contributed by atoms with van der Waals surface area (Å²) in [5.74, 6) is -0.495. The number of carbonyl (C=O) groups excluding carboxylic acids is 1. The van der Waals surface area contributed by atoms with Gasteiger partial charge in [-0.15, -0.1) is 0 Å². The molecule has 0 unspecified atom stereocenters. The highest BCUT2D eigenvalue weighted by Crippen LogP contribution is 2.35. The first-order valence-corrected chi connectivity index (χ1v) is 10.4. The minimum Gasteiger partial charge on any atom is -0.302 e. The second kappa shape index (κ2) is 6.71. The molecule has 1 saturated carbocycles. The number of sulfone groups is 1. The van der Waals surface area contributed by atoms with Crippen molar-refractivity contribution in [2.24, 2.45) is 0 Å². The fraction of sp³-hybridized carbons (Fsp3) is 0.357. The van der Waals surface area contributed by atoms with Crippen molar-refractivity contribution < 1.29 is 13.2 Å². The van der Waals surface area contributed by atoms with Gasteiger partial charge in [0.25, 0.3) is 5.56 Å². The van der Waals surface area contributed by atoms with Crippen LogP contribution in [0.15, 0.2) is 22.0 Å². The topological polar surface area (TPSA) is 98.1 Å². The molecule has 0 saturated heterocycles. The van der Waals surface area contributed by atoms with Crippen molar-refractivity contribution in [3.05, 3.63) is 37.7 Å². The van der Waals surface area contributed by atoms with E-state index in [4.69, 9.17) is 23.2 Å². The van der Waals surface area contributed by atoms with Crippen LogP contribution in [0.5, 0.6) is 0 Å². The first-order valence-electron chi connectivity index (χ1n) is 7.25. The van der Waals surface area contributed by atoms with Crippen LogP contribution in [0, 0.1) is 6.92 Å². The van der Waals surface area contributed by atoms with Gasteiger partial charge in [-0.2, -0.15) is 0 Å².